The van der Waals surface area contributed by atoms with E-state index in [-0.39, 0.29) is 0 Å². The Morgan fingerprint density at radius 3 is 1.33 bits per heavy atom. The van der Waals surface area contributed by atoms with Crippen molar-refractivity contribution in [2.24, 2.45) is 0 Å². The van der Waals surface area contributed by atoms with Gasteiger partial charge in [-0.25, -0.2) is 0 Å². The maximum atomic E-state index is 10.6. The molecule has 1 aromatic heterocycles. The van der Waals surface area contributed by atoms with Crippen molar-refractivity contribution >= 4 is 43.4 Å². The van der Waals surface area contributed by atoms with E-state index in [4.69, 9.17) is 0 Å². The first-order chi connectivity index (χ1) is 24.2. The fourth-order valence-electron chi connectivity index (χ4n) is 7.56. The lowest BCUT2D eigenvalue weighted by atomic mass is 9.83. The molecule has 1 heterocycles. The lowest BCUT2D eigenvalue weighted by Gasteiger charge is -2.19. The van der Waals surface area contributed by atoms with Crippen LogP contribution >= 0.6 is 0 Å². The lowest BCUT2D eigenvalue weighted by Crippen LogP contribution is -1.96. The maximum absolute atomic E-state index is 10.6. The molecular formula is C46H27N3. The molecule has 226 valence electrons. The van der Waals surface area contributed by atoms with Crippen molar-refractivity contribution in [2.75, 3.05) is 0 Å². The standard InChI is InChI=1S/C46H27N3/c47-28-32-27-42(46-39-18-6-4-16-37(39)45(31-12-2-1-3-13-31)38-17-5-7-19-40(38)46)33(29-48)26-41(32)30-22-24-34(25-23-30)49-43-20-10-8-14-35(43)36-15-9-11-21-44(36)49/h1-27H. The fraction of sp³-hybridized carbons (Fsp3) is 0. The Morgan fingerprint density at radius 1 is 0.367 bits per heavy atom. The monoisotopic (exact) mass is 621 g/mol. The van der Waals surface area contributed by atoms with Gasteiger partial charge in [-0.2, -0.15) is 10.5 Å². The second-order valence-electron chi connectivity index (χ2n) is 12.3. The summed E-state index contributed by atoms with van der Waals surface area (Å²) in [5, 5.41) is 27.9. The molecular weight excluding hydrogens is 595 g/mol. The Labute approximate surface area is 283 Å². The van der Waals surface area contributed by atoms with Crippen LogP contribution in [0.4, 0.5) is 0 Å². The minimum absolute atomic E-state index is 0.527. The van der Waals surface area contributed by atoms with Crippen LogP contribution in [-0.4, -0.2) is 4.57 Å². The summed E-state index contributed by atoms with van der Waals surface area (Å²) in [4.78, 5) is 0. The number of rotatable bonds is 4. The van der Waals surface area contributed by atoms with Crippen molar-refractivity contribution < 1.29 is 0 Å². The minimum Gasteiger partial charge on any atom is -0.309 e. The zero-order valence-electron chi connectivity index (χ0n) is 26.4. The molecule has 0 N–H and O–H groups in total. The molecule has 3 nitrogen and oxygen atoms in total. The summed E-state index contributed by atoms with van der Waals surface area (Å²) in [5.41, 5.74) is 10.0. The van der Waals surface area contributed by atoms with Crippen LogP contribution in [0.5, 0.6) is 0 Å². The summed E-state index contributed by atoms with van der Waals surface area (Å²) in [5.74, 6) is 0. The van der Waals surface area contributed by atoms with E-state index in [0.717, 1.165) is 71.6 Å². The molecule has 3 heteroatoms. The van der Waals surface area contributed by atoms with Gasteiger partial charge in [0.25, 0.3) is 0 Å². The summed E-state index contributed by atoms with van der Waals surface area (Å²) < 4.78 is 2.28. The molecule has 49 heavy (non-hydrogen) atoms. The van der Waals surface area contributed by atoms with Crippen LogP contribution < -0.4 is 0 Å². The Morgan fingerprint density at radius 2 is 0.796 bits per heavy atom. The number of benzene rings is 8. The van der Waals surface area contributed by atoms with Crippen molar-refractivity contribution in [3.63, 3.8) is 0 Å². The number of fused-ring (bicyclic) bond motifs is 5. The average molecular weight is 622 g/mol. The van der Waals surface area contributed by atoms with E-state index < -0.39 is 0 Å². The van der Waals surface area contributed by atoms with Gasteiger partial charge in [0.1, 0.15) is 0 Å². The predicted molar refractivity (Wildman–Crippen MR) is 202 cm³/mol. The van der Waals surface area contributed by atoms with E-state index >= 15 is 0 Å². The van der Waals surface area contributed by atoms with Gasteiger partial charge < -0.3 is 4.57 Å². The van der Waals surface area contributed by atoms with Crippen molar-refractivity contribution in [1.29, 1.82) is 10.5 Å². The largest absolute Gasteiger partial charge is 0.309 e. The van der Waals surface area contributed by atoms with Crippen LogP contribution in [0.25, 0.3) is 82.4 Å². The zero-order valence-corrected chi connectivity index (χ0v) is 26.4. The van der Waals surface area contributed by atoms with Crippen molar-refractivity contribution in [2.45, 2.75) is 0 Å². The fourth-order valence-corrected chi connectivity index (χ4v) is 7.56. The number of hydrogen-bond acceptors (Lipinski definition) is 2. The van der Waals surface area contributed by atoms with Crippen LogP contribution in [-0.2, 0) is 0 Å². The van der Waals surface area contributed by atoms with Crippen LogP contribution in [0.15, 0.2) is 164 Å². The van der Waals surface area contributed by atoms with Crippen molar-refractivity contribution in [1.82, 2.24) is 4.57 Å². The van der Waals surface area contributed by atoms with E-state index in [0.29, 0.717) is 11.1 Å². The van der Waals surface area contributed by atoms with Gasteiger partial charge in [-0.05, 0) is 80.2 Å². The molecule has 0 atom stereocenters. The first kappa shape index (κ1) is 28.3. The van der Waals surface area contributed by atoms with Gasteiger partial charge in [-0.15, -0.1) is 0 Å². The highest BCUT2D eigenvalue weighted by atomic mass is 15.0. The van der Waals surface area contributed by atoms with Crippen molar-refractivity contribution in [3.8, 4) is 51.2 Å². The van der Waals surface area contributed by atoms with Gasteiger partial charge in [0, 0.05) is 27.6 Å². The average Bonchev–Trinajstić information content (AvgIpc) is 3.51. The number of nitrogens with zero attached hydrogens (tertiary/aromatic N) is 3. The number of para-hydroxylation sites is 2. The predicted octanol–water partition coefficient (Wildman–Crippen LogP) is 11.8. The molecule has 0 amide bonds. The second-order valence-corrected chi connectivity index (χ2v) is 12.3. The van der Waals surface area contributed by atoms with Crippen LogP contribution in [0, 0.1) is 22.7 Å². The molecule has 9 aromatic rings. The molecule has 0 bridgehead atoms. The van der Waals surface area contributed by atoms with E-state index in [1.165, 1.54) is 10.8 Å². The van der Waals surface area contributed by atoms with Gasteiger partial charge in [-0.1, -0.05) is 127 Å². The van der Waals surface area contributed by atoms with Gasteiger partial charge in [0.05, 0.1) is 34.3 Å². The van der Waals surface area contributed by atoms with Crippen LogP contribution in [0.3, 0.4) is 0 Å². The molecule has 0 unspecified atom stereocenters. The normalized spacial score (nSPS) is 11.2. The molecule has 0 radical (unpaired) electrons. The lowest BCUT2D eigenvalue weighted by molar-refractivity contribution is 1.18. The highest BCUT2D eigenvalue weighted by Gasteiger charge is 2.21. The van der Waals surface area contributed by atoms with E-state index in [2.05, 4.69) is 150 Å². The Kier molecular flexibility index (Phi) is 6.58. The van der Waals surface area contributed by atoms with Gasteiger partial charge in [-0.3, -0.25) is 0 Å². The van der Waals surface area contributed by atoms with Gasteiger partial charge >= 0.3 is 0 Å². The second kappa shape index (κ2) is 11.4. The summed E-state index contributed by atoms with van der Waals surface area (Å²) in [6, 6.07) is 61.1. The number of hydrogen-bond donors (Lipinski definition) is 0. The van der Waals surface area contributed by atoms with Gasteiger partial charge in [0.2, 0.25) is 0 Å². The SMILES string of the molecule is N#Cc1cc(-c2c3ccccc3c(-c3ccccc3)c3ccccc23)c(C#N)cc1-c1ccc(-n2c3ccccc3c3ccccc32)cc1. The number of aromatic nitrogens is 1. The smallest absolute Gasteiger partial charge is 0.0998 e. The summed E-state index contributed by atoms with van der Waals surface area (Å²) >= 11 is 0. The first-order valence-corrected chi connectivity index (χ1v) is 16.3. The summed E-state index contributed by atoms with van der Waals surface area (Å²) in [6.45, 7) is 0. The summed E-state index contributed by atoms with van der Waals surface area (Å²) in [6.07, 6.45) is 0. The van der Waals surface area contributed by atoms with Crippen LogP contribution in [0.1, 0.15) is 11.1 Å². The first-order valence-electron chi connectivity index (χ1n) is 16.3. The molecule has 0 aliphatic rings. The van der Waals surface area contributed by atoms with E-state index in [1.54, 1.807) is 0 Å². The Balaban J connectivity index is 1.23. The van der Waals surface area contributed by atoms with Crippen LogP contribution in [0.2, 0.25) is 0 Å². The maximum Gasteiger partial charge on any atom is 0.0998 e. The highest BCUT2D eigenvalue weighted by molar-refractivity contribution is 6.22. The molecule has 0 aliphatic heterocycles. The Bertz CT molecular complexity index is 2720. The molecule has 0 saturated heterocycles. The topological polar surface area (TPSA) is 52.5 Å². The molecule has 8 aromatic carbocycles. The molecule has 0 spiro atoms. The third-order valence-corrected chi connectivity index (χ3v) is 9.68. The van der Waals surface area contributed by atoms with Crippen molar-refractivity contribution in [3.05, 3.63) is 175 Å². The summed E-state index contributed by atoms with van der Waals surface area (Å²) in [7, 11) is 0. The molecule has 0 saturated carbocycles. The molecule has 0 aliphatic carbocycles. The molecule has 0 fully saturated rings. The minimum atomic E-state index is 0.527. The van der Waals surface area contributed by atoms with Gasteiger partial charge in [0.15, 0.2) is 0 Å². The quantitative estimate of drug-likeness (QED) is 0.184. The zero-order chi connectivity index (χ0) is 32.9. The Hall–Kier alpha value is -6.94. The third-order valence-electron chi connectivity index (χ3n) is 9.68. The van der Waals surface area contributed by atoms with E-state index in [1.807, 2.05) is 30.3 Å². The van der Waals surface area contributed by atoms with E-state index in [9.17, 15) is 10.5 Å². The highest BCUT2D eigenvalue weighted by Crippen LogP contribution is 2.45. The number of nitriles is 2. The third kappa shape index (κ3) is 4.42. The molecule has 9 rings (SSSR count).